The number of aromatic hydroxyl groups is 1. The minimum absolute atomic E-state index is 0.0225. The van der Waals surface area contributed by atoms with Crippen LogP contribution in [0, 0.1) is 0 Å². The van der Waals surface area contributed by atoms with Crippen LogP contribution in [0.4, 0.5) is 0 Å². The molecule has 1 aromatic heterocycles. The number of hydrogen-bond acceptors (Lipinski definition) is 3. The van der Waals surface area contributed by atoms with Crippen molar-refractivity contribution >= 4 is 16.6 Å². The summed E-state index contributed by atoms with van der Waals surface area (Å²) < 4.78 is 1.62. The van der Waals surface area contributed by atoms with E-state index in [0.29, 0.717) is 23.2 Å². The van der Waals surface area contributed by atoms with Crippen molar-refractivity contribution < 1.29 is 10.8 Å². The molecule has 0 spiro atoms. The van der Waals surface area contributed by atoms with Gasteiger partial charge in [0.15, 0.2) is 0 Å². The van der Waals surface area contributed by atoms with E-state index in [-0.39, 0.29) is 22.9 Å². The second-order valence-electron chi connectivity index (χ2n) is 6.25. The number of benzene rings is 2. The zero-order valence-corrected chi connectivity index (χ0v) is 14.4. The highest BCUT2D eigenvalue weighted by atomic mass is 16.3. The molecule has 0 aliphatic carbocycles. The zero-order valence-electron chi connectivity index (χ0n) is 14.4. The Morgan fingerprint density at radius 2 is 1.80 bits per heavy atom. The number of quaternary nitrogens is 1. The van der Waals surface area contributed by atoms with E-state index in [1.54, 1.807) is 11.5 Å². The maximum Gasteiger partial charge on any atom is 0.268 e. The number of rotatable bonds is 4. The number of para-hydroxylation sites is 2. The Balaban J connectivity index is 2.36. The first kappa shape index (κ1) is 16.9. The van der Waals surface area contributed by atoms with Crippen LogP contribution in [0.2, 0.25) is 0 Å². The van der Waals surface area contributed by atoms with Crippen LogP contribution in [-0.2, 0) is 0 Å². The molecule has 1 heterocycles. The quantitative estimate of drug-likeness (QED) is 0.716. The lowest BCUT2D eigenvalue weighted by Crippen LogP contribution is -2.60. The van der Waals surface area contributed by atoms with Crippen LogP contribution in [0.1, 0.15) is 19.4 Å². The molecule has 0 amide bonds. The average Bonchev–Trinajstić information content (AvgIpc) is 2.61. The molecule has 0 saturated heterocycles. The number of aromatic nitrogens is 1. The molecule has 25 heavy (non-hydrogen) atoms. The molecule has 0 aliphatic heterocycles. The molecule has 4 N–H and O–H groups in total. The number of fused-ring (bicyclic) bond motifs is 1. The van der Waals surface area contributed by atoms with Crippen molar-refractivity contribution in [1.29, 1.82) is 0 Å². The van der Waals surface area contributed by atoms with Gasteiger partial charge in [0, 0.05) is 16.8 Å². The Hall–Kier alpha value is -2.92. The summed E-state index contributed by atoms with van der Waals surface area (Å²) in [6, 6.07) is 16.9. The van der Waals surface area contributed by atoms with Crippen molar-refractivity contribution in [2.45, 2.75) is 19.9 Å². The van der Waals surface area contributed by atoms with Gasteiger partial charge in [-0.25, -0.2) is 0 Å². The summed E-state index contributed by atoms with van der Waals surface area (Å²) in [5.74, 6) is -0.0225. The topological polar surface area (TPSA) is 82.2 Å². The Morgan fingerprint density at radius 3 is 2.48 bits per heavy atom. The van der Waals surface area contributed by atoms with E-state index in [0.717, 1.165) is 5.69 Å². The maximum atomic E-state index is 13.2. The molecule has 1 atom stereocenters. The smallest absolute Gasteiger partial charge is 0.268 e. The summed E-state index contributed by atoms with van der Waals surface area (Å²) in [5.41, 5.74) is 5.81. The van der Waals surface area contributed by atoms with Crippen molar-refractivity contribution in [2.24, 2.45) is 4.99 Å². The minimum atomic E-state index is -0.277. The van der Waals surface area contributed by atoms with Crippen LogP contribution in [0.3, 0.4) is 0 Å². The molecule has 0 bridgehead atoms. The number of pyridine rings is 1. The summed E-state index contributed by atoms with van der Waals surface area (Å²) in [4.78, 5) is 17.6. The van der Waals surface area contributed by atoms with Gasteiger partial charge in [0.05, 0.1) is 12.1 Å². The van der Waals surface area contributed by atoms with E-state index < -0.39 is 0 Å². The lowest BCUT2D eigenvalue weighted by atomic mass is 10.1. The Morgan fingerprint density at radius 1 is 1.16 bits per heavy atom. The van der Waals surface area contributed by atoms with Crippen molar-refractivity contribution in [2.75, 3.05) is 6.54 Å². The number of hydrogen-bond donors (Lipinski definition) is 2. The van der Waals surface area contributed by atoms with Gasteiger partial charge in [0.2, 0.25) is 0 Å². The third-order valence-corrected chi connectivity index (χ3v) is 4.07. The summed E-state index contributed by atoms with van der Waals surface area (Å²) in [5, 5.41) is 11.4. The fourth-order valence-corrected chi connectivity index (χ4v) is 2.86. The van der Waals surface area contributed by atoms with Crippen LogP contribution >= 0.6 is 0 Å². The largest absolute Gasteiger partial charge is 0.506 e. The Labute approximate surface area is 146 Å². The predicted octanol–water partition coefficient (Wildman–Crippen LogP) is 2.14. The van der Waals surface area contributed by atoms with E-state index in [2.05, 4.69) is 10.7 Å². The summed E-state index contributed by atoms with van der Waals surface area (Å²) in [6.45, 7) is 4.21. The molecule has 0 saturated carbocycles. The van der Waals surface area contributed by atoms with Gasteiger partial charge in [-0.15, -0.1) is 0 Å². The summed E-state index contributed by atoms with van der Waals surface area (Å²) in [7, 11) is 0. The average molecular weight is 336 g/mol. The molecule has 0 radical (unpaired) electrons. The fourth-order valence-electron chi connectivity index (χ4n) is 2.86. The molecular weight excluding hydrogens is 314 g/mol. The lowest BCUT2D eigenvalue weighted by Gasteiger charge is -2.15. The monoisotopic (exact) mass is 336 g/mol. The molecule has 3 rings (SSSR count). The molecule has 5 heteroatoms. The second kappa shape index (κ2) is 6.91. The highest BCUT2D eigenvalue weighted by molar-refractivity contribution is 6.05. The standard InChI is InChI=1S/C20H21N3O2/c1-13(21)12-22-14(2)18-19(24)16-10-6-7-11-17(16)23(20(18)25)15-8-4-3-5-9-15/h3-11,13,24H,12,21H2,1-2H3/p+1/t13-/m0/s1. The predicted molar refractivity (Wildman–Crippen MR) is 101 cm³/mol. The molecule has 128 valence electrons. The van der Waals surface area contributed by atoms with Gasteiger partial charge in [-0.3, -0.25) is 14.4 Å². The molecule has 0 fully saturated rings. The van der Waals surface area contributed by atoms with E-state index >= 15 is 0 Å². The van der Waals surface area contributed by atoms with E-state index in [4.69, 9.17) is 0 Å². The molecule has 2 aromatic carbocycles. The normalized spacial score (nSPS) is 13.2. The third kappa shape index (κ3) is 3.19. The second-order valence-corrected chi connectivity index (χ2v) is 6.25. The van der Waals surface area contributed by atoms with Gasteiger partial charge in [-0.2, -0.15) is 0 Å². The van der Waals surface area contributed by atoms with Crippen LogP contribution in [0.15, 0.2) is 64.4 Å². The number of nitrogens with zero attached hydrogens (tertiary/aromatic N) is 2. The summed E-state index contributed by atoms with van der Waals surface area (Å²) >= 11 is 0. The van der Waals surface area contributed by atoms with Crippen LogP contribution in [0.5, 0.6) is 5.75 Å². The fraction of sp³-hybridized carbons (Fsp3) is 0.200. The van der Waals surface area contributed by atoms with Gasteiger partial charge < -0.3 is 10.8 Å². The van der Waals surface area contributed by atoms with Crippen molar-refractivity contribution in [3.8, 4) is 11.4 Å². The Kier molecular flexibility index (Phi) is 4.67. The van der Waals surface area contributed by atoms with Gasteiger partial charge in [-0.1, -0.05) is 30.3 Å². The molecule has 3 aromatic rings. The zero-order chi connectivity index (χ0) is 18.0. The van der Waals surface area contributed by atoms with E-state index in [1.807, 2.05) is 61.5 Å². The van der Waals surface area contributed by atoms with E-state index in [1.165, 1.54) is 0 Å². The van der Waals surface area contributed by atoms with Crippen LogP contribution in [-0.4, -0.2) is 28.0 Å². The molecular formula is C20H22N3O2+. The van der Waals surface area contributed by atoms with Crippen LogP contribution < -0.4 is 11.3 Å². The first-order valence-corrected chi connectivity index (χ1v) is 8.27. The van der Waals surface area contributed by atoms with Crippen LogP contribution in [0.25, 0.3) is 16.6 Å². The lowest BCUT2D eigenvalue weighted by molar-refractivity contribution is -0.409. The van der Waals surface area contributed by atoms with E-state index in [9.17, 15) is 9.90 Å². The van der Waals surface area contributed by atoms with Crippen molar-refractivity contribution in [3.05, 3.63) is 70.5 Å². The highest BCUT2D eigenvalue weighted by Crippen LogP contribution is 2.28. The van der Waals surface area contributed by atoms with Gasteiger partial charge in [0.25, 0.3) is 5.56 Å². The first-order chi connectivity index (χ1) is 12.0. The Bertz CT molecular complexity index is 989. The SMILES string of the molecule is CC(=NC[C@H](C)[NH3+])c1c(O)c2ccccc2n(-c2ccccc2)c1=O. The van der Waals surface area contributed by atoms with Gasteiger partial charge >= 0.3 is 0 Å². The van der Waals surface area contributed by atoms with Crippen molar-refractivity contribution in [3.63, 3.8) is 0 Å². The molecule has 0 aliphatic rings. The third-order valence-electron chi connectivity index (χ3n) is 4.07. The molecule has 5 nitrogen and oxygen atoms in total. The van der Waals surface area contributed by atoms with Gasteiger partial charge in [0.1, 0.15) is 17.4 Å². The number of aliphatic imine (C=N–C) groups is 1. The van der Waals surface area contributed by atoms with Crippen molar-refractivity contribution in [1.82, 2.24) is 4.57 Å². The minimum Gasteiger partial charge on any atom is -0.506 e. The first-order valence-electron chi connectivity index (χ1n) is 8.27. The maximum absolute atomic E-state index is 13.2. The molecule has 0 unspecified atom stereocenters. The highest BCUT2D eigenvalue weighted by Gasteiger charge is 2.19. The summed E-state index contributed by atoms with van der Waals surface area (Å²) in [6.07, 6.45) is 0. The van der Waals surface area contributed by atoms with Gasteiger partial charge in [-0.05, 0) is 38.1 Å².